The molecule has 5 rings (SSSR count). The van der Waals surface area contributed by atoms with Crippen LogP contribution in [0, 0.1) is 0 Å². The van der Waals surface area contributed by atoms with Crippen LogP contribution >= 0.6 is 0 Å². The van der Waals surface area contributed by atoms with Crippen molar-refractivity contribution in [3.63, 3.8) is 0 Å². The Morgan fingerprint density at radius 1 is 1.13 bits per heavy atom. The summed E-state index contributed by atoms with van der Waals surface area (Å²) in [4.78, 5) is 28.6. The van der Waals surface area contributed by atoms with E-state index in [1.54, 1.807) is 12.0 Å². The van der Waals surface area contributed by atoms with Gasteiger partial charge in [0.1, 0.15) is 18.1 Å². The minimum absolute atomic E-state index is 0.0943. The number of piperidine rings is 1. The Morgan fingerprint density at radius 2 is 2.00 bits per heavy atom. The van der Waals surface area contributed by atoms with E-state index in [1.807, 2.05) is 18.2 Å². The second-order valence-electron chi connectivity index (χ2n) is 9.17. The van der Waals surface area contributed by atoms with Gasteiger partial charge in [0.05, 0.1) is 12.1 Å². The molecule has 8 nitrogen and oxygen atoms in total. The minimum atomic E-state index is -1.02. The molecule has 4 aliphatic rings. The summed E-state index contributed by atoms with van der Waals surface area (Å²) >= 11 is 0. The molecular formula is C23H31N3O5. The SMILES string of the molecule is CO[C@@H]1CCN(C2CCCC2Oc2ccc3c(c2)CN(C2CCC(=O)NC2O)C3=O)C1. The molecule has 4 unspecified atom stereocenters. The van der Waals surface area contributed by atoms with E-state index in [0.29, 0.717) is 37.1 Å². The molecule has 0 spiro atoms. The van der Waals surface area contributed by atoms with Gasteiger partial charge in [-0.25, -0.2) is 0 Å². The third kappa shape index (κ3) is 3.92. The number of likely N-dealkylation sites (tertiary alicyclic amines) is 1. The van der Waals surface area contributed by atoms with Crippen molar-refractivity contribution < 1.29 is 24.2 Å². The Bertz CT molecular complexity index is 862. The number of benzene rings is 1. The molecular weight excluding hydrogens is 398 g/mol. The van der Waals surface area contributed by atoms with Crippen LogP contribution in [0.1, 0.15) is 54.4 Å². The van der Waals surface area contributed by atoms with Crippen LogP contribution in [0.4, 0.5) is 0 Å². The Hall–Kier alpha value is -2.16. The molecule has 3 aliphatic heterocycles. The van der Waals surface area contributed by atoms with Crippen LogP contribution in [-0.2, 0) is 16.1 Å². The molecule has 5 atom stereocenters. The van der Waals surface area contributed by atoms with E-state index in [2.05, 4.69) is 10.2 Å². The highest BCUT2D eigenvalue weighted by Gasteiger charge is 2.40. The molecule has 3 fully saturated rings. The molecule has 0 aromatic heterocycles. The quantitative estimate of drug-likeness (QED) is 0.732. The topological polar surface area (TPSA) is 91.3 Å². The lowest BCUT2D eigenvalue weighted by Crippen LogP contribution is -2.55. The van der Waals surface area contributed by atoms with Crippen LogP contribution in [0.5, 0.6) is 5.75 Å². The maximum absolute atomic E-state index is 12.9. The van der Waals surface area contributed by atoms with Gasteiger partial charge in [0.25, 0.3) is 5.91 Å². The van der Waals surface area contributed by atoms with Crippen molar-refractivity contribution in [2.45, 2.75) is 75.6 Å². The number of rotatable bonds is 5. The first kappa shape index (κ1) is 20.7. The summed E-state index contributed by atoms with van der Waals surface area (Å²) in [5, 5.41) is 12.8. The Labute approximate surface area is 182 Å². The number of hydrogen-bond acceptors (Lipinski definition) is 6. The normalized spacial score (nSPS) is 33.6. The number of amides is 2. The van der Waals surface area contributed by atoms with Crippen molar-refractivity contribution >= 4 is 11.8 Å². The predicted octanol–water partition coefficient (Wildman–Crippen LogP) is 1.26. The van der Waals surface area contributed by atoms with Crippen molar-refractivity contribution in [1.82, 2.24) is 15.1 Å². The van der Waals surface area contributed by atoms with Gasteiger partial charge in [-0.15, -0.1) is 0 Å². The smallest absolute Gasteiger partial charge is 0.254 e. The monoisotopic (exact) mass is 429 g/mol. The third-order valence-electron chi connectivity index (χ3n) is 7.33. The largest absolute Gasteiger partial charge is 0.489 e. The highest BCUT2D eigenvalue weighted by Crippen LogP contribution is 2.34. The van der Waals surface area contributed by atoms with E-state index in [0.717, 1.165) is 50.1 Å². The van der Waals surface area contributed by atoms with Gasteiger partial charge in [-0.2, -0.15) is 0 Å². The molecule has 2 saturated heterocycles. The van der Waals surface area contributed by atoms with Crippen LogP contribution in [0.15, 0.2) is 18.2 Å². The summed E-state index contributed by atoms with van der Waals surface area (Å²) in [6.07, 6.45) is 4.65. The molecule has 168 valence electrons. The lowest BCUT2D eigenvalue weighted by atomic mass is 10.0. The molecule has 3 heterocycles. The van der Waals surface area contributed by atoms with Gasteiger partial charge in [-0.05, 0) is 55.9 Å². The summed E-state index contributed by atoms with van der Waals surface area (Å²) in [5.41, 5.74) is 1.57. The second kappa shape index (κ2) is 8.41. The molecule has 8 heteroatoms. The molecule has 1 aromatic carbocycles. The first-order valence-corrected chi connectivity index (χ1v) is 11.4. The molecule has 2 N–H and O–H groups in total. The van der Waals surface area contributed by atoms with Crippen LogP contribution in [0.2, 0.25) is 0 Å². The number of ether oxygens (including phenoxy) is 2. The third-order valence-corrected chi connectivity index (χ3v) is 7.33. The Kier molecular flexibility index (Phi) is 5.62. The van der Waals surface area contributed by atoms with Crippen LogP contribution in [-0.4, -0.2) is 77.4 Å². The number of aliphatic hydroxyl groups is 1. The maximum atomic E-state index is 12.9. The molecule has 31 heavy (non-hydrogen) atoms. The predicted molar refractivity (Wildman–Crippen MR) is 113 cm³/mol. The van der Waals surface area contributed by atoms with Gasteiger partial charge in [-0.1, -0.05) is 0 Å². The fourth-order valence-electron chi connectivity index (χ4n) is 5.64. The number of carbonyl (C=O) groups is 2. The summed E-state index contributed by atoms with van der Waals surface area (Å²) in [5.74, 6) is 0.526. The zero-order chi connectivity index (χ0) is 21.5. The molecule has 0 bridgehead atoms. The Morgan fingerprint density at radius 3 is 2.77 bits per heavy atom. The number of hydrogen-bond donors (Lipinski definition) is 2. The van der Waals surface area contributed by atoms with Gasteiger partial charge in [0.2, 0.25) is 5.91 Å². The molecule has 1 aromatic rings. The highest BCUT2D eigenvalue weighted by atomic mass is 16.5. The fraction of sp³-hybridized carbons (Fsp3) is 0.652. The average molecular weight is 430 g/mol. The van der Waals surface area contributed by atoms with Gasteiger partial charge in [0.15, 0.2) is 0 Å². The standard InChI is InChI=1S/C23H31N3O5/c1-30-16-9-10-25(13-16)18-3-2-4-20(18)31-15-5-6-17-14(11-15)12-26(23(17)29)19-7-8-21(27)24-22(19)28/h5-6,11,16,18-20,22,28H,2-4,7-10,12-13H2,1H3,(H,24,27)/t16-,18?,19?,20?,22?/m1/s1. The maximum Gasteiger partial charge on any atom is 0.254 e. The molecule has 1 aliphatic carbocycles. The van der Waals surface area contributed by atoms with Gasteiger partial charge in [-0.3, -0.25) is 14.5 Å². The number of aliphatic hydroxyl groups excluding tert-OH is 1. The van der Waals surface area contributed by atoms with E-state index < -0.39 is 12.3 Å². The molecule has 2 amide bonds. The van der Waals surface area contributed by atoms with Gasteiger partial charge in [0, 0.05) is 44.8 Å². The Balaban J connectivity index is 1.27. The second-order valence-corrected chi connectivity index (χ2v) is 9.17. The van der Waals surface area contributed by atoms with Crippen molar-refractivity contribution in [3.8, 4) is 5.75 Å². The average Bonchev–Trinajstić information content (AvgIpc) is 3.47. The van der Waals surface area contributed by atoms with Gasteiger partial charge < -0.3 is 24.8 Å². The number of fused-ring (bicyclic) bond motifs is 1. The van der Waals surface area contributed by atoms with Crippen molar-refractivity contribution in [2.24, 2.45) is 0 Å². The molecule has 1 saturated carbocycles. The first-order chi connectivity index (χ1) is 15.0. The zero-order valence-corrected chi connectivity index (χ0v) is 18.0. The van der Waals surface area contributed by atoms with E-state index in [9.17, 15) is 14.7 Å². The van der Waals surface area contributed by atoms with Crippen molar-refractivity contribution in [3.05, 3.63) is 29.3 Å². The first-order valence-electron chi connectivity index (χ1n) is 11.4. The van der Waals surface area contributed by atoms with E-state index in [4.69, 9.17) is 9.47 Å². The zero-order valence-electron chi connectivity index (χ0n) is 18.0. The summed E-state index contributed by atoms with van der Waals surface area (Å²) in [6.45, 7) is 2.45. The van der Waals surface area contributed by atoms with E-state index >= 15 is 0 Å². The lowest BCUT2D eigenvalue weighted by molar-refractivity contribution is -0.129. The van der Waals surface area contributed by atoms with E-state index in [1.165, 1.54) is 0 Å². The highest BCUT2D eigenvalue weighted by molar-refractivity contribution is 5.99. The minimum Gasteiger partial charge on any atom is -0.489 e. The summed E-state index contributed by atoms with van der Waals surface area (Å²) in [7, 11) is 1.78. The number of carbonyl (C=O) groups excluding carboxylic acids is 2. The van der Waals surface area contributed by atoms with Crippen LogP contribution in [0.3, 0.4) is 0 Å². The number of nitrogens with zero attached hydrogens (tertiary/aromatic N) is 2. The molecule has 0 radical (unpaired) electrons. The van der Waals surface area contributed by atoms with Gasteiger partial charge >= 0.3 is 0 Å². The fourth-order valence-corrected chi connectivity index (χ4v) is 5.64. The van der Waals surface area contributed by atoms with Crippen molar-refractivity contribution in [1.29, 1.82) is 0 Å². The van der Waals surface area contributed by atoms with Crippen molar-refractivity contribution in [2.75, 3.05) is 20.2 Å². The van der Waals surface area contributed by atoms with Crippen LogP contribution in [0.25, 0.3) is 0 Å². The lowest BCUT2D eigenvalue weighted by Gasteiger charge is -2.35. The summed E-state index contributed by atoms with van der Waals surface area (Å²) < 4.78 is 12.0. The van der Waals surface area contributed by atoms with E-state index in [-0.39, 0.29) is 17.9 Å². The summed E-state index contributed by atoms with van der Waals surface area (Å²) in [6, 6.07) is 5.70. The number of methoxy groups -OCH3 is 1. The number of nitrogens with one attached hydrogen (secondary N) is 1. The van der Waals surface area contributed by atoms with Crippen LogP contribution < -0.4 is 10.1 Å².